The summed E-state index contributed by atoms with van der Waals surface area (Å²) in [6.07, 6.45) is 4.83. The van der Waals surface area contributed by atoms with Crippen molar-refractivity contribution >= 4 is 39.6 Å². The molecule has 0 aliphatic heterocycles. The summed E-state index contributed by atoms with van der Waals surface area (Å²) < 4.78 is 6.84. The molecule has 2 N–H and O–H groups in total. The highest BCUT2D eigenvalue weighted by atomic mass is 32.1. The Kier molecular flexibility index (Phi) is 5.62. The number of esters is 1. The van der Waals surface area contributed by atoms with Gasteiger partial charge in [-0.15, -0.1) is 11.3 Å². The number of hydrogen-bond donors (Lipinski definition) is 2. The Balaban J connectivity index is 1.75. The Morgan fingerprint density at radius 1 is 1.54 bits per heavy atom. The topological polar surface area (TPSA) is 68.2 Å². The molecule has 0 spiro atoms. The number of ether oxygens (including phenoxy) is 1. The third kappa shape index (κ3) is 3.76. The van der Waals surface area contributed by atoms with Crippen molar-refractivity contribution in [3.05, 3.63) is 33.5 Å². The first-order valence-electron chi connectivity index (χ1n) is 8.65. The van der Waals surface area contributed by atoms with E-state index in [1.165, 1.54) is 12.0 Å². The minimum Gasteiger partial charge on any atom is -0.465 e. The molecule has 6 nitrogen and oxygen atoms in total. The molecule has 1 atom stereocenters. The number of rotatable bonds is 4. The Morgan fingerprint density at radius 2 is 2.31 bits per heavy atom. The lowest BCUT2D eigenvalue weighted by molar-refractivity contribution is 0.0601. The summed E-state index contributed by atoms with van der Waals surface area (Å²) in [4.78, 5) is 13.6. The lowest BCUT2D eigenvalue weighted by Gasteiger charge is -2.18. The summed E-state index contributed by atoms with van der Waals surface area (Å²) in [5, 5.41) is 11.9. The fraction of sp³-hybridized carbons (Fsp3) is 0.500. The van der Waals surface area contributed by atoms with Crippen molar-refractivity contribution in [1.82, 2.24) is 15.1 Å². The first-order chi connectivity index (χ1) is 12.4. The van der Waals surface area contributed by atoms with Crippen molar-refractivity contribution < 1.29 is 9.53 Å². The van der Waals surface area contributed by atoms with Crippen LogP contribution in [0.1, 0.15) is 45.4 Å². The second-order valence-electron chi connectivity index (χ2n) is 6.73. The van der Waals surface area contributed by atoms with Crippen LogP contribution in [0.4, 0.5) is 5.00 Å². The van der Waals surface area contributed by atoms with Crippen LogP contribution in [0.3, 0.4) is 0 Å². The van der Waals surface area contributed by atoms with Gasteiger partial charge >= 0.3 is 5.97 Å². The van der Waals surface area contributed by atoms with E-state index in [9.17, 15) is 4.79 Å². The van der Waals surface area contributed by atoms with Gasteiger partial charge in [-0.25, -0.2) is 4.79 Å². The van der Waals surface area contributed by atoms with Gasteiger partial charge in [-0.05, 0) is 49.9 Å². The molecule has 8 heteroatoms. The van der Waals surface area contributed by atoms with Crippen LogP contribution >= 0.6 is 23.6 Å². The number of aryl methyl sites for hydroxylation is 1. The quantitative estimate of drug-likeness (QED) is 0.615. The Labute approximate surface area is 162 Å². The lowest BCUT2D eigenvalue weighted by Crippen LogP contribution is -2.28. The van der Waals surface area contributed by atoms with Crippen molar-refractivity contribution in [1.29, 1.82) is 0 Å². The van der Waals surface area contributed by atoms with E-state index in [-0.39, 0.29) is 5.97 Å². The molecule has 0 radical (unpaired) electrons. The van der Waals surface area contributed by atoms with Crippen molar-refractivity contribution in [3.8, 4) is 0 Å². The monoisotopic (exact) mass is 392 g/mol. The van der Waals surface area contributed by atoms with Gasteiger partial charge in [0.25, 0.3) is 0 Å². The second-order valence-corrected chi connectivity index (χ2v) is 8.25. The molecule has 0 saturated heterocycles. The summed E-state index contributed by atoms with van der Waals surface area (Å²) in [6.45, 7) is 4.85. The highest BCUT2D eigenvalue weighted by Crippen LogP contribution is 2.40. The van der Waals surface area contributed by atoms with E-state index >= 15 is 0 Å². The number of fused-ring (bicyclic) bond motifs is 1. The largest absolute Gasteiger partial charge is 0.465 e. The standard InChI is InChI=1S/C18H24N4O2S2/c1-10-5-6-13-14(7-10)26-16(15(13)17(23)24-4)21-18(25)19-8-12-9-20-22(3)11(12)2/h9-10H,5-8H2,1-4H3,(H2,19,21,25)/t10-/m1/s1. The Hall–Kier alpha value is -1.93. The third-order valence-electron chi connectivity index (χ3n) is 4.90. The zero-order chi connectivity index (χ0) is 18.8. The minimum absolute atomic E-state index is 0.301. The molecule has 0 aromatic carbocycles. The zero-order valence-electron chi connectivity index (χ0n) is 15.5. The molecule has 2 heterocycles. The molecule has 1 aliphatic rings. The van der Waals surface area contributed by atoms with Crippen molar-refractivity contribution in [2.24, 2.45) is 13.0 Å². The number of methoxy groups -OCH3 is 1. The number of nitrogens with one attached hydrogen (secondary N) is 2. The summed E-state index contributed by atoms with van der Waals surface area (Å²) >= 11 is 7.05. The highest BCUT2D eigenvalue weighted by molar-refractivity contribution is 7.80. The fourth-order valence-electron chi connectivity index (χ4n) is 3.20. The van der Waals surface area contributed by atoms with E-state index in [4.69, 9.17) is 17.0 Å². The number of hydrogen-bond acceptors (Lipinski definition) is 5. The van der Waals surface area contributed by atoms with Crippen molar-refractivity contribution in [2.45, 2.75) is 39.7 Å². The fourth-order valence-corrected chi connectivity index (χ4v) is 4.84. The maximum Gasteiger partial charge on any atom is 0.341 e. The van der Waals surface area contributed by atoms with Gasteiger partial charge in [0.15, 0.2) is 5.11 Å². The predicted molar refractivity (Wildman–Crippen MR) is 108 cm³/mol. The van der Waals surface area contributed by atoms with Crippen LogP contribution in [-0.4, -0.2) is 28.0 Å². The first kappa shape index (κ1) is 18.8. The van der Waals surface area contributed by atoms with E-state index in [1.54, 1.807) is 11.3 Å². The molecule has 140 valence electrons. The van der Waals surface area contributed by atoms with Gasteiger partial charge in [0.2, 0.25) is 0 Å². The SMILES string of the molecule is COC(=O)c1c(NC(=S)NCc2cnn(C)c2C)sc2c1CC[C@@H](C)C2. The molecule has 26 heavy (non-hydrogen) atoms. The zero-order valence-corrected chi connectivity index (χ0v) is 17.1. The highest BCUT2D eigenvalue weighted by Gasteiger charge is 2.28. The van der Waals surface area contributed by atoms with Crippen molar-refractivity contribution in [2.75, 3.05) is 12.4 Å². The minimum atomic E-state index is -0.301. The number of aromatic nitrogens is 2. The third-order valence-corrected chi connectivity index (χ3v) is 6.32. The smallest absolute Gasteiger partial charge is 0.341 e. The summed E-state index contributed by atoms with van der Waals surface area (Å²) in [5.41, 5.74) is 3.94. The maximum atomic E-state index is 12.3. The summed E-state index contributed by atoms with van der Waals surface area (Å²) in [5.74, 6) is 0.337. The number of anilines is 1. The predicted octanol–water partition coefficient (Wildman–Crippen LogP) is 3.19. The number of nitrogens with zero attached hydrogens (tertiary/aromatic N) is 2. The molecule has 1 aliphatic carbocycles. The molecule has 0 amide bonds. The molecule has 0 saturated carbocycles. The number of carbonyl (C=O) groups excluding carboxylic acids is 1. The molecule has 0 unspecified atom stereocenters. The van der Waals surface area contributed by atoms with Gasteiger partial charge in [-0.2, -0.15) is 5.10 Å². The van der Waals surface area contributed by atoms with E-state index in [0.29, 0.717) is 23.1 Å². The van der Waals surface area contributed by atoms with Crippen LogP contribution in [0.5, 0.6) is 0 Å². The summed E-state index contributed by atoms with van der Waals surface area (Å²) in [6, 6.07) is 0. The number of thiocarbonyl (C=S) groups is 1. The van der Waals surface area contributed by atoms with Gasteiger partial charge in [0.1, 0.15) is 5.00 Å². The van der Waals surface area contributed by atoms with Crippen LogP contribution < -0.4 is 10.6 Å². The average molecular weight is 393 g/mol. The number of thiophene rings is 1. The van der Waals surface area contributed by atoms with Gasteiger partial charge in [-0.1, -0.05) is 6.92 Å². The molecule has 2 aromatic rings. The Morgan fingerprint density at radius 3 is 2.96 bits per heavy atom. The van der Waals surface area contributed by atoms with E-state index < -0.39 is 0 Å². The molecule has 2 aromatic heterocycles. The van der Waals surface area contributed by atoms with Crippen LogP contribution in [0.25, 0.3) is 0 Å². The molecular formula is C18H24N4O2S2. The van der Waals surface area contributed by atoms with Gasteiger partial charge in [0.05, 0.1) is 18.9 Å². The maximum absolute atomic E-state index is 12.3. The normalized spacial score (nSPS) is 16.1. The molecule has 0 bridgehead atoms. The van der Waals surface area contributed by atoms with Gasteiger partial charge in [0, 0.05) is 29.7 Å². The first-order valence-corrected chi connectivity index (χ1v) is 9.88. The van der Waals surface area contributed by atoms with Crippen LogP contribution in [0, 0.1) is 12.8 Å². The van der Waals surface area contributed by atoms with E-state index in [2.05, 4.69) is 22.7 Å². The van der Waals surface area contributed by atoms with E-state index in [1.807, 2.05) is 24.9 Å². The average Bonchev–Trinajstić information content (AvgIpc) is 3.12. The molecular weight excluding hydrogens is 368 g/mol. The molecule has 3 rings (SSSR count). The van der Waals surface area contributed by atoms with Gasteiger partial charge in [-0.3, -0.25) is 4.68 Å². The summed E-state index contributed by atoms with van der Waals surface area (Å²) in [7, 11) is 3.33. The lowest BCUT2D eigenvalue weighted by atomic mass is 9.88. The van der Waals surface area contributed by atoms with Gasteiger partial charge < -0.3 is 15.4 Å². The van der Waals surface area contributed by atoms with Crippen LogP contribution in [0.15, 0.2) is 6.20 Å². The van der Waals surface area contributed by atoms with Crippen LogP contribution in [0.2, 0.25) is 0 Å². The van der Waals surface area contributed by atoms with Crippen LogP contribution in [-0.2, 0) is 31.2 Å². The number of carbonyl (C=O) groups is 1. The van der Waals surface area contributed by atoms with E-state index in [0.717, 1.165) is 41.1 Å². The second kappa shape index (κ2) is 7.75. The van der Waals surface area contributed by atoms with Crippen molar-refractivity contribution in [3.63, 3.8) is 0 Å². The Bertz CT molecular complexity index is 841. The molecule has 0 fully saturated rings.